The van der Waals surface area contributed by atoms with Crippen LogP contribution in [0.4, 0.5) is 0 Å². The molecule has 0 unspecified atom stereocenters. The number of likely N-dealkylation sites (tertiary alicyclic amines) is 1. The summed E-state index contributed by atoms with van der Waals surface area (Å²) in [7, 11) is 1.21. The molecule has 0 radical (unpaired) electrons. The molecular weight excluding hydrogens is 1390 g/mol. The van der Waals surface area contributed by atoms with E-state index >= 15 is 4.79 Å². The van der Waals surface area contributed by atoms with Gasteiger partial charge in [0.25, 0.3) is 0 Å². The van der Waals surface area contributed by atoms with E-state index in [-0.39, 0.29) is 75.6 Å². The number of carbonyl (C=O) groups excluding carboxylic acids is 12. The highest BCUT2D eigenvalue weighted by atomic mass is 35.5. The lowest BCUT2D eigenvalue weighted by Gasteiger charge is -2.32. The minimum Gasteiger partial charge on any atom is -0.508 e. The van der Waals surface area contributed by atoms with Crippen LogP contribution in [0.2, 0.25) is 5.02 Å². The SMILES string of the molecule is CC(=O)N[C@H](Cc1ccc2ccc(CC(C)C)cc2c1)C(=O)N[C@H](Cc1ccc(Cl)cc1)C(=O)N[C@H](Cc1cccnc1)C(=O)N[C@@H](CO)C(=O)N(C)[C@@H](CCc1ccc(O)cc1)C(=O)N[C@H](CC(N)=O)C(=O)N[C@@H](CCC(C)C)C(=O)N[C@@H](CCCCNC(C)C)C(=O)N1CCC[C@H]1C(=O)N[C@H](C)C(N)=O. The maximum atomic E-state index is 15.0. The van der Waals surface area contributed by atoms with Crippen molar-refractivity contribution in [2.45, 2.75) is 212 Å². The van der Waals surface area contributed by atoms with E-state index in [1.54, 1.807) is 48.5 Å². The van der Waals surface area contributed by atoms with E-state index in [1.807, 2.05) is 52.0 Å². The predicted molar refractivity (Wildman–Crippen MR) is 405 cm³/mol. The van der Waals surface area contributed by atoms with Gasteiger partial charge in [-0.25, -0.2) is 0 Å². The van der Waals surface area contributed by atoms with Crippen LogP contribution in [0.3, 0.4) is 0 Å². The molecule has 1 fully saturated rings. The van der Waals surface area contributed by atoms with Gasteiger partial charge in [0.1, 0.15) is 66.2 Å². The van der Waals surface area contributed by atoms with Gasteiger partial charge in [-0.1, -0.05) is 120 Å². The van der Waals surface area contributed by atoms with Crippen LogP contribution in [0.15, 0.2) is 109 Å². The van der Waals surface area contributed by atoms with Crippen LogP contribution in [-0.2, 0) is 89.6 Å². The Labute approximate surface area is 630 Å². The summed E-state index contributed by atoms with van der Waals surface area (Å²) >= 11 is 6.27. The van der Waals surface area contributed by atoms with Gasteiger partial charge in [0, 0.05) is 63.2 Å². The molecule has 1 saturated heterocycles. The number of unbranched alkanes of at least 4 members (excludes halogenated alkanes) is 1. The van der Waals surface area contributed by atoms with Crippen molar-refractivity contribution in [2.24, 2.45) is 23.3 Å². The molecule has 0 saturated carbocycles. The van der Waals surface area contributed by atoms with E-state index in [0.717, 1.165) is 33.2 Å². The zero-order chi connectivity index (χ0) is 78.6. The number of aryl methyl sites for hydroxylation is 1. The van der Waals surface area contributed by atoms with Crippen LogP contribution in [0, 0.1) is 11.8 Å². The number of aromatic hydroxyl groups is 1. The van der Waals surface area contributed by atoms with Crippen LogP contribution in [0.1, 0.15) is 141 Å². The van der Waals surface area contributed by atoms with Crippen molar-refractivity contribution in [3.63, 3.8) is 0 Å². The highest BCUT2D eigenvalue weighted by Crippen LogP contribution is 2.24. The highest BCUT2D eigenvalue weighted by molar-refractivity contribution is 6.30. The maximum Gasteiger partial charge on any atom is 0.247 e. The van der Waals surface area contributed by atoms with Gasteiger partial charge >= 0.3 is 0 Å². The Bertz CT molecular complexity index is 3860. The second-order valence-corrected chi connectivity index (χ2v) is 29.2. The second kappa shape index (κ2) is 42.3. The molecule has 4 aromatic carbocycles. The van der Waals surface area contributed by atoms with Gasteiger partial charge in [0.2, 0.25) is 70.9 Å². The maximum absolute atomic E-state index is 15.0. The van der Waals surface area contributed by atoms with Gasteiger partial charge in [-0.3, -0.25) is 62.5 Å². The standard InChI is InChI=1S/C78H107ClN14O14/c1-45(2)17-31-59(70(99)87-60(15-10-11-34-83-47(5)6)78(107)93-35-13-16-67(93)76(105)84-48(7)69(81)98)86-74(103)64(42-68(80)97)90-75(104)66(32-24-50-22-29-58(96)30-23-50)92(9)77(106)65(44-94)91-73(102)63(41-54-14-12-33-82-43-54)89-72(101)62(39-51-20-27-57(79)28-21-51)88-71(100)61(85-49(8)95)40-53-19-26-55-25-18-52(36-46(3)4)37-56(55)38-53/h12,14,18-23,25-30,33,37-38,43,45-48,59-67,83,94,96H,10-11,13,15-17,24,31-32,34-36,39-42,44H2,1-9H3,(H2,80,97)(H2,81,98)(H,84,105)(H,85,95)(H,86,103)(H,87,99)(H,88,100)(H,89,101)(H,90,104)(H,91,102)/t48-,59+,60+,61-,62-,63-,64-,65+,66+,67+/m1/s1. The number of hydrogen-bond donors (Lipinski definition) is 13. The van der Waals surface area contributed by atoms with Gasteiger partial charge in [0.15, 0.2) is 0 Å². The average molecular weight is 1500 g/mol. The Hall–Kier alpha value is -10.1. The van der Waals surface area contributed by atoms with Crippen LogP contribution in [-0.4, -0.2) is 189 Å². The number of rotatable bonds is 42. The molecule has 10 atom stereocenters. The molecule has 1 aromatic heterocycles. The third-order valence-corrected chi connectivity index (χ3v) is 18.8. The molecule has 2 heterocycles. The molecule has 1 aliphatic heterocycles. The van der Waals surface area contributed by atoms with Crippen molar-refractivity contribution in [1.29, 1.82) is 0 Å². The number of phenolic OH excluding ortho intramolecular Hbond substituents is 1. The highest BCUT2D eigenvalue weighted by Gasteiger charge is 2.41. The molecule has 0 spiro atoms. The molecule has 1 aliphatic rings. The molecule has 5 aromatic rings. The summed E-state index contributed by atoms with van der Waals surface area (Å²) in [6.45, 7) is 14.4. The van der Waals surface area contributed by atoms with Crippen LogP contribution in [0.5, 0.6) is 5.75 Å². The summed E-state index contributed by atoms with van der Waals surface area (Å²) in [5.74, 6) is -9.69. The smallest absolute Gasteiger partial charge is 0.247 e. The summed E-state index contributed by atoms with van der Waals surface area (Å²) in [6, 6.07) is 13.8. The first kappa shape index (κ1) is 85.9. The number of carbonyl (C=O) groups is 12. The third kappa shape index (κ3) is 28.0. The minimum absolute atomic E-state index is 0.00667. The zero-order valence-electron chi connectivity index (χ0n) is 62.6. The molecule has 12 amide bonds. The number of amides is 12. The van der Waals surface area contributed by atoms with Crippen molar-refractivity contribution >= 4 is 93.3 Å². The Morgan fingerprint density at radius 3 is 1.68 bits per heavy atom. The number of aromatic nitrogens is 1. The van der Waals surface area contributed by atoms with Crippen molar-refractivity contribution in [1.82, 2.24) is 62.6 Å². The quantitative estimate of drug-likeness (QED) is 0.0250. The Morgan fingerprint density at radius 1 is 0.570 bits per heavy atom. The number of phenols is 1. The number of fused-ring (bicyclic) bond motifs is 1. The molecule has 29 heteroatoms. The Morgan fingerprint density at radius 2 is 1.11 bits per heavy atom. The van der Waals surface area contributed by atoms with Crippen molar-refractivity contribution in [2.75, 3.05) is 26.7 Å². The summed E-state index contributed by atoms with van der Waals surface area (Å²) in [4.78, 5) is 176. The Kier molecular flexibility index (Phi) is 34.0. The molecule has 28 nitrogen and oxygen atoms in total. The van der Waals surface area contributed by atoms with E-state index < -0.39 is 144 Å². The molecule has 0 bridgehead atoms. The number of primary amides is 2. The topological polar surface area (TPSA) is 425 Å². The van der Waals surface area contributed by atoms with Crippen LogP contribution >= 0.6 is 11.6 Å². The van der Waals surface area contributed by atoms with Gasteiger partial charge in [0.05, 0.1) is 13.0 Å². The lowest BCUT2D eigenvalue weighted by atomic mass is 9.96. The number of hydrogen-bond acceptors (Lipinski definition) is 16. The fraction of sp³-hybridized carbons (Fsp3) is 0.500. The van der Waals surface area contributed by atoms with Gasteiger partial charge in [-0.05, 0) is 158 Å². The lowest BCUT2D eigenvalue weighted by molar-refractivity contribution is -0.144. The van der Waals surface area contributed by atoms with Crippen molar-refractivity contribution < 1.29 is 67.7 Å². The van der Waals surface area contributed by atoms with Gasteiger partial charge in [-0.15, -0.1) is 0 Å². The number of benzene rings is 4. The van der Waals surface area contributed by atoms with Gasteiger partial charge in [-0.2, -0.15) is 0 Å². The summed E-state index contributed by atoms with van der Waals surface area (Å²) in [5, 5.41) is 48.3. The van der Waals surface area contributed by atoms with Crippen molar-refractivity contribution in [3.8, 4) is 5.75 Å². The zero-order valence-corrected chi connectivity index (χ0v) is 63.3. The largest absolute Gasteiger partial charge is 0.508 e. The number of nitrogens with one attached hydrogen (secondary N) is 9. The summed E-state index contributed by atoms with van der Waals surface area (Å²) < 4.78 is 0. The second-order valence-electron chi connectivity index (χ2n) is 28.8. The average Bonchev–Trinajstić information content (AvgIpc) is 1.81. The number of aliphatic hydroxyl groups is 1. The fourth-order valence-electron chi connectivity index (χ4n) is 12.7. The normalized spacial score (nSPS) is 15.3. The number of nitrogens with two attached hydrogens (primary N) is 2. The molecule has 0 aliphatic carbocycles. The van der Waals surface area contributed by atoms with E-state index in [4.69, 9.17) is 23.1 Å². The molecule has 6 rings (SSSR count). The van der Waals surface area contributed by atoms with Crippen molar-refractivity contribution in [3.05, 3.63) is 142 Å². The van der Waals surface area contributed by atoms with E-state index in [1.165, 1.54) is 50.3 Å². The molecular formula is C78H107ClN14O14. The summed E-state index contributed by atoms with van der Waals surface area (Å²) in [6.07, 6.45) is 4.71. The monoisotopic (exact) mass is 1500 g/mol. The van der Waals surface area contributed by atoms with Crippen LogP contribution in [0.25, 0.3) is 10.8 Å². The number of aliphatic hydroxyl groups excluding tert-OH is 1. The first-order valence-electron chi connectivity index (χ1n) is 36.6. The fourth-order valence-corrected chi connectivity index (χ4v) is 12.8. The first-order chi connectivity index (χ1) is 50.8. The van der Waals surface area contributed by atoms with Crippen LogP contribution < -0.4 is 59.3 Å². The molecule has 580 valence electrons. The summed E-state index contributed by atoms with van der Waals surface area (Å²) in [5.41, 5.74) is 14.6. The molecule has 15 N–H and O–H groups in total. The third-order valence-electron chi connectivity index (χ3n) is 18.5. The van der Waals surface area contributed by atoms with E-state index in [0.29, 0.717) is 59.9 Å². The van der Waals surface area contributed by atoms with E-state index in [2.05, 4.69) is 78.8 Å². The lowest BCUT2D eigenvalue weighted by Crippen LogP contribution is -2.61. The number of nitrogens with zero attached hydrogens (tertiary/aromatic N) is 3. The number of likely N-dealkylation sites (N-methyl/N-ethyl adjacent to an activating group) is 1. The van der Waals surface area contributed by atoms with E-state index in [9.17, 15) is 63.0 Å². The van der Waals surface area contributed by atoms with Gasteiger partial charge < -0.3 is 79.3 Å². The number of pyridine rings is 1. The minimum atomic E-state index is -1.83. The first-order valence-corrected chi connectivity index (χ1v) is 37.0. The predicted octanol–water partition coefficient (Wildman–Crippen LogP) is 3.15. The Balaban J connectivity index is 1.26. The number of halogens is 1. The molecule has 107 heavy (non-hydrogen) atoms.